The average Bonchev–Trinajstić information content (AvgIpc) is 3.18. The van der Waals surface area contributed by atoms with Gasteiger partial charge in [0, 0.05) is 44.3 Å². The van der Waals surface area contributed by atoms with Crippen LogP contribution < -0.4 is 10.2 Å². The lowest BCUT2D eigenvalue weighted by Crippen LogP contribution is -2.43. The summed E-state index contributed by atoms with van der Waals surface area (Å²) in [4.78, 5) is 13.9. The van der Waals surface area contributed by atoms with E-state index in [1.54, 1.807) is 6.33 Å². The second-order valence-corrected chi connectivity index (χ2v) is 7.25. The van der Waals surface area contributed by atoms with Gasteiger partial charge in [0.2, 0.25) is 0 Å². The first-order chi connectivity index (χ1) is 11.9. The summed E-state index contributed by atoms with van der Waals surface area (Å²) in [7, 11) is 0. The minimum absolute atomic E-state index is 0.537. The Morgan fingerprint density at radius 2 is 1.71 bits per heavy atom. The van der Waals surface area contributed by atoms with E-state index in [1.807, 2.05) is 0 Å². The van der Waals surface area contributed by atoms with Crippen LogP contribution >= 0.6 is 0 Å². The molecule has 6 nitrogen and oxygen atoms in total. The molecule has 3 fully saturated rings. The van der Waals surface area contributed by atoms with Gasteiger partial charge in [-0.05, 0) is 25.7 Å². The highest BCUT2D eigenvalue weighted by atomic mass is 16.5. The zero-order valence-electron chi connectivity index (χ0n) is 14.5. The van der Waals surface area contributed by atoms with Crippen LogP contribution in [0.25, 0.3) is 0 Å². The second kappa shape index (κ2) is 7.66. The third-order valence-corrected chi connectivity index (χ3v) is 5.71. The van der Waals surface area contributed by atoms with Gasteiger partial charge in [0.25, 0.3) is 0 Å². The van der Waals surface area contributed by atoms with Crippen molar-refractivity contribution in [2.45, 2.75) is 50.6 Å². The highest BCUT2D eigenvalue weighted by Crippen LogP contribution is 2.27. The van der Waals surface area contributed by atoms with E-state index in [2.05, 4.69) is 31.2 Å². The molecule has 132 valence electrons. The van der Waals surface area contributed by atoms with Crippen molar-refractivity contribution in [3.05, 3.63) is 12.4 Å². The monoisotopic (exact) mass is 331 g/mol. The number of nitrogens with zero attached hydrogens (tertiary/aromatic N) is 4. The van der Waals surface area contributed by atoms with Crippen LogP contribution in [0.5, 0.6) is 0 Å². The molecule has 6 heteroatoms. The molecule has 1 N–H and O–H groups in total. The molecule has 1 aliphatic carbocycles. The van der Waals surface area contributed by atoms with E-state index >= 15 is 0 Å². The van der Waals surface area contributed by atoms with Gasteiger partial charge in [-0.2, -0.15) is 0 Å². The van der Waals surface area contributed by atoms with Crippen molar-refractivity contribution < 1.29 is 4.74 Å². The van der Waals surface area contributed by atoms with Crippen LogP contribution in [-0.4, -0.2) is 66.3 Å². The summed E-state index contributed by atoms with van der Waals surface area (Å²) < 4.78 is 5.42. The molecule has 2 aliphatic heterocycles. The fourth-order valence-corrected chi connectivity index (χ4v) is 4.28. The molecule has 1 saturated carbocycles. The minimum Gasteiger partial charge on any atom is -0.378 e. The number of hydrogen-bond donors (Lipinski definition) is 1. The number of aromatic nitrogens is 2. The fraction of sp³-hybridized carbons (Fsp3) is 0.778. The number of morpholine rings is 1. The Hall–Kier alpha value is -1.40. The van der Waals surface area contributed by atoms with Gasteiger partial charge in [0.15, 0.2) is 0 Å². The van der Waals surface area contributed by atoms with Crippen molar-refractivity contribution >= 4 is 11.6 Å². The predicted octanol–water partition coefficient (Wildman–Crippen LogP) is 2.13. The van der Waals surface area contributed by atoms with Crippen LogP contribution in [0.1, 0.15) is 38.5 Å². The lowest BCUT2D eigenvalue weighted by Gasteiger charge is -2.36. The summed E-state index contributed by atoms with van der Waals surface area (Å²) in [5.41, 5.74) is 0. The van der Waals surface area contributed by atoms with E-state index in [-0.39, 0.29) is 0 Å². The van der Waals surface area contributed by atoms with Gasteiger partial charge in [-0.25, -0.2) is 9.97 Å². The van der Waals surface area contributed by atoms with E-state index < -0.39 is 0 Å². The van der Waals surface area contributed by atoms with Gasteiger partial charge >= 0.3 is 0 Å². The fourth-order valence-electron chi connectivity index (χ4n) is 4.28. The average molecular weight is 331 g/mol. The van der Waals surface area contributed by atoms with Gasteiger partial charge < -0.3 is 19.9 Å². The normalized spacial score (nSPS) is 24.4. The molecular weight excluding hydrogens is 302 g/mol. The molecule has 3 aliphatic rings. The molecular formula is C18H29N5O. The number of ether oxygens (including phenoxy) is 1. The van der Waals surface area contributed by atoms with E-state index in [0.29, 0.717) is 6.04 Å². The van der Waals surface area contributed by atoms with Crippen molar-refractivity contribution in [3.8, 4) is 0 Å². The lowest BCUT2D eigenvalue weighted by atomic mass is 10.0. The molecule has 0 unspecified atom stereocenters. The number of piperidine rings is 1. The van der Waals surface area contributed by atoms with Crippen molar-refractivity contribution in [3.63, 3.8) is 0 Å². The number of anilines is 2. The van der Waals surface area contributed by atoms with E-state index in [0.717, 1.165) is 44.0 Å². The Bertz CT molecular complexity index is 520. The maximum Gasteiger partial charge on any atom is 0.134 e. The highest BCUT2D eigenvalue weighted by molar-refractivity contribution is 5.49. The summed E-state index contributed by atoms with van der Waals surface area (Å²) in [5.74, 6) is 1.98. The Morgan fingerprint density at radius 1 is 0.958 bits per heavy atom. The van der Waals surface area contributed by atoms with Crippen LogP contribution in [0.4, 0.5) is 11.6 Å². The third kappa shape index (κ3) is 3.81. The quantitative estimate of drug-likeness (QED) is 0.912. The molecule has 1 aromatic heterocycles. The number of rotatable bonds is 4. The van der Waals surface area contributed by atoms with Gasteiger partial charge in [-0.3, -0.25) is 0 Å². The molecule has 0 aromatic carbocycles. The molecule has 24 heavy (non-hydrogen) atoms. The molecule has 0 radical (unpaired) electrons. The lowest BCUT2D eigenvalue weighted by molar-refractivity contribution is 0.122. The molecule has 4 rings (SSSR count). The molecule has 2 saturated heterocycles. The number of likely N-dealkylation sites (tertiary alicyclic amines) is 1. The van der Waals surface area contributed by atoms with Gasteiger partial charge in [-0.15, -0.1) is 0 Å². The molecule has 0 spiro atoms. The summed E-state index contributed by atoms with van der Waals surface area (Å²) in [6.07, 6.45) is 9.78. The van der Waals surface area contributed by atoms with Crippen LogP contribution in [-0.2, 0) is 4.74 Å². The Morgan fingerprint density at radius 3 is 2.46 bits per heavy atom. The summed E-state index contributed by atoms with van der Waals surface area (Å²) in [6.45, 7) is 5.85. The number of nitrogens with one attached hydrogen (secondary N) is 1. The van der Waals surface area contributed by atoms with Crippen molar-refractivity contribution in [1.82, 2.24) is 14.9 Å². The highest BCUT2D eigenvalue weighted by Gasteiger charge is 2.27. The third-order valence-electron chi connectivity index (χ3n) is 5.71. The minimum atomic E-state index is 0.537. The zero-order valence-corrected chi connectivity index (χ0v) is 14.5. The van der Waals surface area contributed by atoms with Crippen LogP contribution in [0.2, 0.25) is 0 Å². The van der Waals surface area contributed by atoms with Crippen molar-refractivity contribution in [2.24, 2.45) is 0 Å². The molecule has 0 amide bonds. The van der Waals surface area contributed by atoms with E-state index in [9.17, 15) is 0 Å². The largest absolute Gasteiger partial charge is 0.378 e. The summed E-state index contributed by atoms with van der Waals surface area (Å²) in [6, 6.07) is 3.49. The Labute approximate surface area is 144 Å². The van der Waals surface area contributed by atoms with Gasteiger partial charge in [0.05, 0.1) is 13.2 Å². The van der Waals surface area contributed by atoms with E-state index in [1.165, 1.54) is 51.6 Å². The van der Waals surface area contributed by atoms with Crippen molar-refractivity contribution in [2.75, 3.05) is 49.6 Å². The first-order valence-electron chi connectivity index (χ1n) is 9.54. The Balaban J connectivity index is 1.31. The van der Waals surface area contributed by atoms with Gasteiger partial charge in [-0.1, -0.05) is 12.8 Å². The SMILES string of the molecule is c1nc(NC2CCN(C3CCCC3)CC2)cc(N2CCOCC2)n1. The van der Waals surface area contributed by atoms with Crippen LogP contribution in [0.3, 0.4) is 0 Å². The summed E-state index contributed by atoms with van der Waals surface area (Å²) >= 11 is 0. The molecule has 0 atom stereocenters. The maximum atomic E-state index is 5.42. The smallest absolute Gasteiger partial charge is 0.134 e. The predicted molar refractivity (Wildman–Crippen MR) is 95.5 cm³/mol. The van der Waals surface area contributed by atoms with Crippen molar-refractivity contribution in [1.29, 1.82) is 0 Å². The maximum absolute atomic E-state index is 5.42. The Kier molecular flexibility index (Phi) is 5.13. The van der Waals surface area contributed by atoms with Gasteiger partial charge in [0.1, 0.15) is 18.0 Å². The van der Waals surface area contributed by atoms with E-state index in [4.69, 9.17) is 4.74 Å². The van der Waals surface area contributed by atoms with Crippen LogP contribution in [0, 0.1) is 0 Å². The topological polar surface area (TPSA) is 53.5 Å². The molecule has 3 heterocycles. The zero-order chi connectivity index (χ0) is 16.2. The van der Waals surface area contributed by atoms with Crippen LogP contribution in [0.15, 0.2) is 12.4 Å². The molecule has 1 aromatic rings. The molecule has 0 bridgehead atoms. The number of hydrogen-bond acceptors (Lipinski definition) is 6. The summed E-state index contributed by atoms with van der Waals surface area (Å²) in [5, 5.41) is 3.64. The second-order valence-electron chi connectivity index (χ2n) is 7.25. The first-order valence-corrected chi connectivity index (χ1v) is 9.54. The standard InChI is InChI=1S/C18H29N5O/c1-2-4-16(3-1)22-7-5-15(6-8-22)21-17-13-18(20-14-19-17)23-9-11-24-12-10-23/h13-16H,1-12H2,(H,19,20,21). The first kappa shape index (κ1) is 16.1.